The molecule has 2 N–H and O–H groups in total. The highest BCUT2D eigenvalue weighted by Gasteiger charge is 2.15. The number of pyridine rings is 1. The summed E-state index contributed by atoms with van der Waals surface area (Å²) >= 11 is 0. The van der Waals surface area contributed by atoms with Crippen molar-refractivity contribution in [1.82, 2.24) is 14.8 Å². The molecule has 1 aliphatic rings. The quantitative estimate of drug-likeness (QED) is 0.769. The number of ether oxygens (including phenoxy) is 1. The van der Waals surface area contributed by atoms with Crippen LogP contribution in [0, 0.1) is 0 Å². The third-order valence-corrected chi connectivity index (χ3v) is 3.99. The summed E-state index contributed by atoms with van der Waals surface area (Å²) in [5.74, 6) is 0.700. The Kier molecular flexibility index (Phi) is 6.92. The monoisotopic (exact) mass is 292 g/mol. The standard InChI is InChI=1S/C16H28N4O/c1-21-16-7-4-6-15(18-16)14-20-11-5-10-19(12-13-20)9-3-2-8-17/h4,6-7H,2-3,5,8-14,17H2,1H3. The first-order valence-corrected chi connectivity index (χ1v) is 7.96. The molecule has 1 saturated heterocycles. The fourth-order valence-electron chi connectivity index (χ4n) is 2.77. The van der Waals surface area contributed by atoms with Gasteiger partial charge in [-0.3, -0.25) is 4.90 Å². The highest BCUT2D eigenvalue weighted by atomic mass is 16.5. The van der Waals surface area contributed by atoms with Gasteiger partial charge >= 0.3 is 0 Å². The molecule has 2 rings (SSSR count). The van der Waals surface area contributed by atoms with Crippen molar-refractivity contribution in [2.45, 2.75) is 25.8 Å². The topological polar surface area (TPSA) is 54.6 Å². The predicted molar refractivity (Wildman–Crippen MR) is 85.4 cm³/mol. The van der Waals surface area contributed by atoms with Crippen LogP contribution < -0.4 is 10.5 Å². The number of rotatable bonds is 7. The van der Waals surface area contributed by atoms with Crippen molar-refractivity contribution in [3.05, 3.63) is 23.9 Å². The molecular formula is C16H28N4O. The van der Waals surface area contributed by atoms with Gasteiger partial charge in [0.1, 0.15) is 0 Å². The summed E-state index contributed by atoms with van der Waals surface area (Å²) in [5.41, 5.74) is 6.65. The zero-order valence-electron chi connectivity index (χ0n) is 13.1. The van der Waals surface area contributed by atoms with Crippen LogP contribution in [0.25, 0.3) is 0 Å². The Bertz CT molecular complexity index is 413. The second-order valence-corrected chi connectivity index (χ2v) is 5.64. The average molecular weight is 292 g/mol. The molecule has 1 aromatic rings. The van der Waals surface area contributed by atoms with Crippen LogP contribution >= 0.6 is 0 Å². The maximum absolute atomic E-state index is 5.56. The number of hydrogen-bond donors (Lipinski definition) is 1. The number of methoxy groups -OCH3 is 1. The van der Waals surface area contributed by atoms with E-state index in [9.17, 15) is 0 Å². The van der Waals surface area contributed by atoms with Gasteiger partial charge in [0.25, 0.3) is 0 Å². The average Bonchev–Trinajstić information content (AvgIpc) is 2.73. The second-order valence-electron chi connectivity index (χ2n) is 5.64. The van der Waals surface area contributed by atoms with Crippen LogP contribution in [0.3, 0.4) is 0 Å². The lowest BCUT2D eigenvalue weighted by Gasteiger charge is -2.21. The van der Waals surface area contributed by atoms with Crippen LogP contribution in [-0.2, 0) is 6.54 Å². The molecule has 1 aromatic heterocycles. The minimum Gasteiger partial charge on any atom is -0.481 e. The highest BCUT2D eigenvalue weighted by Crippen LogP contribution is 2.11. The van der Waals surface area contributed by atoms with Crippen molar-refractivity contribution in [2.24, 2.45) is 5.73 Å². The number of hydrogen-bond acceptors (Lipinski definition) is 5. The van der Waals surface area contributed by atoms with E-state index in [2.05, 4.69) is 20.9 Å². The van der Waals surface area contributed by atoms with Crippen LogP contribution in [0.2, 0.25) is 0 Å². The van der Waals surface area contributed by atoms with Gasteiger partial charge in [0.2, 0.25) is 5.88 Å². The van der Waals surface area contributed by atoms with Crippen molar-refractivity contribution in [1.29, 1.82) is 0 Å². The van der Waals surface area contributed by atoms with E-state index in [0.29, 0.717) is 5.88 Å². The largest absolute Gasteiger partial charge is 0.481 e. The molecule has 1 fully saturated rings. The number of unbranched alkanes of at least 4 members (excludes halogenated alkanes) is 1. The van der Waals surface area contributed by atoms with Gasteiger partial charge in [-0.25, -0.2) is 4.98 Å². The van der Waals surface area contributed by atoms with E-state index >= 15 is 0 Å². The van der Waals surface area contributed by atoms with Crippen molar-refractivity contribution in [3.63, 3.8) is 0 Å². The van der Waals surface area contributed by atoms with Gasteiger partial charge in [-0.2, -0.15) is 0 Å². The maximum Gasteiger partial charge on any atom is 0.213 e. The molecule has 1 aliphatic heterocycles. The van der Waals surface area contributed by atoms with Crippen LogP contribution in [-0.4, -0.2) is 61.2 Å². The van der Waals surface area contributed by atoms with Gasteiger partial charge < -0.3 is 15.4 Å². The summed E-state index contributed by atoms with van der Waals surface area (Å²) in [4.78, 5) is 9.56. The Hall–Kier alpha value is -1.17. The molecule has 2 heterocycles. The summed E-state index contributed by atoms with van der Waals surface area (Å²) in [6.07, 6.45) is 3.58. The van der Waals surface area contributed by atoms with E-state index in [1.54, 1.807) is 7.11 Å². The van der Waals surface area contributed by atoms with Crippen molar-refractivity contribution in [2.75, 3.05) is 46.4 Å². The third-order valence-electron chi connectivity index (χ3n) is 3.99. The Morgan fingerprint density at radius 2 is 1.95 bits per heavy atom. The zero-order chi connectivity index (χ0) is 14.9. The fraction of sp³-hybridized carbons (Fsp3) is 0.688. The van der Waals surface area contributed by atoms with Crippen LogP contribution in [0.5, 0.6) is 5.88 Å². The lowest BCUT2D eigenvalue weighted by Crippen LogP contribution is -2.31. The van der Waals surface area contributed by atoms with E-state index in [-0.39, 0.29) is 0 Å². The first-order valence-electron chi connectivity index (χ1n) is 7.96. The second kappa shape index (κ2) is 8.97. The lowest BCUT2D eigenvalue weighted by atomic mass is 10.3. The fourth-order valence-corrected chi connectivity index (χ4v) is 2.77. The highest BCUT2D eigenvalue weighted by molar-refractivity contribution is 5.15. The molecule has 0 saturated carbocycles. The first-order chi connectivity index (χ1) is 10.3. The molecule has 0 aromatic carbocycles. The number of aromatic nitrogens is 1. The van der Waals surface area contributed by atoms with Gasteiger partial charge in [0.05, 0.1) is 12.8 Å². The Labute approximate surface area is 128 Å². The zero-order valence-corrected chi connectivity index (χ0v) is 13.1. The van der Waals surface area contributed by atoms with E-state index in [1.165, 1.54) is 25.9 Å². The number of nitrogens with two attached hydrogens (primary N) is 1. The van der Waals surface area contributed by atoms with E-state index in [4.69, 9.17) is 10.5 Å². The van der Waals surface area contributed by atoms with Crippen molar-refractivity contribution < 1.29 is 4.74 Å². The minimum absolute atomic E-state index is 0.700. The number of nitrogens with zero attached hydrogens (tertiary/aromatic N) is 3. The van der Waals surface area contributed by atoms with Gasteiger partial charge in [-0.05, 0) is 51.5 Å². The molecule has 5 nitrogen and oxygen atoms in total. The Morgan fingerprint density at radius 3 is 2.76 bits per heavy atom. The van der Waals surface area contributed by atoms with Crippen LogP contribution in [0.4, 0.5) is 0 Å². The van der Waals surface area contributed by atoms with Crippen LogP contribution in [0.1, 0.15) is 25.0 Å². The summed E-state index contributed by atoms with van der Waals surface area (Å²) in [7, 11) is 1.66. The molecule has 21 heavy (non-hydrogen) atoms. The summed E-state index contributed by atoms with van der Waals surface area (Å²) in [6.45, 7) is 7.51. The molecule has 0 radical (unpaired) electrons. The molecule has 0 amide bonds. The molecular weight excluding hydrogens is 264 g/mol. The summed E-state index contributed by atoms with van der Waals surface area (Å²) < 4.78 is 5.19. The summed E-state index contributed by atoms with van der Waals surface area (Å²) in [5, 5.41) is 0. The third kappa shape index (κ3) is 5.61. The van der Waals surface area contributed by atoms with E-state index in [1.807, 2.05) is 12.1 Å². The van der Waals surface area contributed by atoms with Gasteiger partial charge in [-0.15, -0.1) is 0 Å². The van der Waals surface area contributed by atoms with Gasteiger partial charge in [0, 0.05) is 25.7 Å². The normalized spacial score (nSPS) is 17.6. The Balaban J connectivity index is 1.79. The van der Waals surface area contributed by atoms with Crippen molar-refractivity contribution in [3.8, 4) is 5.88 Å². The molecule has 0 unspecified atom stereocenters. The van der Waals surface area contributed by atoms with Gasteiger partial charge in [-0.1, -0.05) is 6.07 Å². The SMILES string of the molecule is COc1cccc(CN2CCCN(CCCCN)CC2)n1. The minimum atomic E-state index is 0.700. The van der Waals surface area contributed by atoms with Crippen molar-refractivity contribution >= 4 is 0 Å². The molecule has 0 spiro atoms. The summed E-state index contributed by atoms with van der Waals surface area (Å²) in [6, 6.07) is 5.98. The molecule has 118 valence electrons. The Morgan fingerprint density at radius 1 is 1.14 bits per heavy atom. The molecule has 0 atom stereocenters. The van der Waals surface area contributed by atoms with E-state index < -0.39 is 0 Å². The predicted octanol–water partition coefficient (Wildman–Crippen LogP) is 1.34. The lowest BCUT2D eigenvalue weighted by molar-refractivity contribution is 0.247. The van der Waals surface area contributed by atoms with E-state index in [0.717, 1.165) is 44.8 Å². The maximum atomic E-state index is 5.56. The smallest absolute Gasteiger partial charge is 0.213 e. The first kappa shape index (κ1) is 16.2. The molecule has 5 heteroatoms. The van der Waals surface area contributed by atoms with Crippen LogP contribution in [0.15, 0.2) is 18.2 Å². The van der Waals surface area contributed by atoms with Gasteiger partial charge in [0.15, 0.2) is 0 Å². The molecule has 0 aliphatic carbocycles. The molecule has 0 bridgehead atoms.